The molecule has 7 unspecified atom stereocenters. The fourth-order valence-electron chi connectivity index (χ4n) is 5.60. The van der Waals surface area contributed by atoms with Crippen LogP contribution in [0, 0.1) is 23.7 Å². The molecule has 0 aromatic carbocycles. The number of rotatable bonds is 3. The molecule has 4 nitrogen and oxygen atoms in total. The van der Waals surface area contributed by atoms with Crippen molar-refractivity contribution in [3.8, 4) is 0 Å². The van der Waals surface area contributed by atoms with Gasteiger partial charge in [-0.05, 0) is 55.8 Å². The smallest absolute Gasteiger partial charge is 0.237 e. The number of carbonyl (C=O) groups is 1. The molecule has 4 aliphatic rings. The molecular formula is C16H26N2O2. The molecule has 4 rings (SSSR count). The highest BCUT2D eigenvalue weighted by atomic mass is 16.5. The van der Waals surface area contributed by atoms with Gasteiger partial charge < -0.3 is 15.4 Å². The molecule has 1 heterocycles. The molecule has 0 spiro atoms. The average Bonchev–Trinajstić information content (AvgIpc) is 3.19. The molecule has 112 valence electrons. The highest BCUT2D eigenvalue weighted by molar-refractivity contribution is 5.82. The van der Waals surface area contributed by atoms with E-state index in [2.05, 4.69) is 10.6 Å². The number of nitrogens with one attached hydrogen (secondary N) is 2. The Morgan fingerprint density at radius 1 is 1.15 bits per heavy atom. The molecule has 0 aromatic heterocycles. The Hall–Kier alpha value is -0.610. The first kappa shape index (κ1) is 13.1. The maximum absolute atomic E-state index is 12.4. The van der Waals surface area contributed by atoms with Crippen LogP contribution < -0.4 is 10.6 Å². The predicted octanol–water partition coefficient (Wildman–Crippen LogP) is 1.30. The first-order chi connectivity index (χ1) is 9.76. The van der Waals surface area contributed by atoms with Gasteiger partial charge >= 0.3 is 0 Å². The fraction of sp³-hybridized carbons (Fsp3) is 0.938. The Morgan fingerprint density at radius 3 is 2.80 bits per heavy atom. The Labute approximate surface area is 121 Å². The second-order valence-corrected chi connectivity index (χ2v) is 7.32. The molecule has 4 fully saturated rings. The van der Waals surface area contributed by atoms with E-state index in [4.69, 9.17) is 4.74 Å². The number of ether oxygens (including phenoxy) is 1. The van der Waals surface area contributed by atoms with E-state index in [-0.39, 0.29) is 18.1 Å². The van der Waals surface area contributed by atoms with Gasteiger partial charge in [0.15, 0.2) is 0 Å². The monoisotopic (exact) mass is 278 g/mol. The topological polar surface area (TPSA) is 50.4 Å². The fourth-order valence-corrected chi connectivity index (χ4v) is 5.60. The number of hydrogen-bond acceptors (Lipinski definition) is 3. The number of fused-ring (bicyclic) bond motifs is 5. The van der Waals surface area contributed by atoms with Crippen LogP contribution in [0.5, 0.6) is 0 Å². The van der Waals surface area contributed by atoms with E-state index < -0.39 is 0 Å². The zero-order valence-corrected chi connectivity index (χ0v) is 12.3. The largest absolute Gasteiger partial charge is 0.380 e. The van der Waals surface area contributed by atoms with Crippen LogP contribution in [0.4, 0.5) is 0 Å². The van der Waals surface area contributed by atoms with Crippen molar-refractivity contribution in [1.29, 1.82) is 0 Å². The minimum absolute atomic E-state index is 0.0431. The van der Waals surface area contributed by atoms with Gasteiger partial charge in [-0.15, -0.1) is 0 Å². The number of hydrogen-bond donors (Lipinski definition) is 2. The van der Waals surface area contributed by atoms with Crippen molar-refractivity contribution < 1.29 is 9.53 Å². The van der Waals surface area contributed by atoms with Gasteiger partial charge in [0.1, 0.15) is 0 Å². The minimum atomic E-state index is -0.0431. The Balaban J connectivity index is 1.35. The van der Waals surface area contributed by atoms with Crippen molar-refractivity contribution >= 4 is 5.91 Å². The van der Waals surface area contributed by atoms with E-state index in [1.165, 1.54) is 32.1 Å². The van der Waals surface area contributed by atoms with Gasteiger partial charge in [0.2, 0.25) is 5.91 Å². The maximum Gasteiger partial charge on any atom is 0.237 e. The standard InChI is InChI=1S/C16H26N2O2/c1-20-10-7-15(17-8-10)16(19)18-14-6-9-5-13(14)12-4-2-3-11(9)12/h9-15,17H,2-8H2,1H3,(H,18,19). The summed E-state index contributed by atoms with van der Waals surface area (Å²) in [5.74, 6) is 3.80. The van der Waals surface area contributed by atoms with Gasteiger partial charge in [-0.3, -0.25) is 4.79 Å². The molecule has 1 saturated heterocycles. The maximum atomic E-state index is 12.4. The van der Waals surface area contributed by atoms with Crippen LogP contribution in [-0.2, 0) is 9.53 Å². The third-order valence-electron chi connectivity index (χ3n) is 6.50. The molecule has 0 aromatic rings. The summed E-state index contributed by atoms with van der Waals surface area (Å²) in [5, 5.41) is 6.64. The summed E-state index contributed by atoms with van der Waals surface area (Å²) in [7, 11) is 1.72. The first-order valence-corrected chi connectivity index (χ1v) is 8.33. The zero-order chi connectivity index (χ0) is 13.7. The molecule has 20 heavy (non-hydrogen) atoms. The number of carbonyl (C=O) groups excluding carboxylic acids is 1. The van der Waals surface area contributed by atoms with Crippen LogP contribution in [0.2, 0.25) is 0 Å². The van der Waals surface area contributed by atoms with Crippen LogP contribution >= 0.6 is 0 Å². The van der Waals surface area contributed by atoms with E-state index in [0.29, 0.717) is 6.04 Å². The molecule has 3 aliphatic carbocycles. The van der Waals surface area contributed by atoms with Gasteiger partial charge in [0, 0.05) is 19.7 Å². The summed E-state index contributed by atoms with van der Waals surface area (Å²) in [5.41, 5.74) is 0. The minimum Gasteiger partial charge on any atom is -0.380 e. The van der Waals surface area contributed by atoms with Crippen molar-refractivity contribution in [2.45, 2.75) is 56.7 Å². The summed E-state index contributed by atoms with van der Waals surface area (Å²) in [4.78, 5) is 12.4. The molecule has 0 radical (unpaired) electrons. The van der Waals surface area contributed by atoms with Gasteiger partial charge in [-0.25, -0.2) is 0 Å². The van der Waals surface area contributed by atoms with E-state index >= 15 is 0 Å². The third kappa shape index (κ3) is 2.00. The summed E-state index contributed by atoms with van der Waals surface area (Å²) in [6.45, 7) is 0.802. The quantitative estimate of drug-likeness (QED) is 0.818. The first-order valence-electron chi connectivity index (χ1n) is 8.33. The van der Waals surface area contributed by atoms with Crippen LogP contribution in [0.15, 0.2) is 0 Å². The van der Waals surface area contributed by atoms with E-state index in [1.54, 1.807) is 7.11 Å². The zero-order valence-electron chi connectivity index (χ0n) is 12.3. The third-order valence-corrected chi connectivity index (χ3v) is 6.50. The van der Waals surface area contributed by atoms with Crippen molar-refractivity contribution in [1.82, 2.24) is 10.6 Å². The lowest BCUT2D eigenvalue weighted by Gasteiger charge is -2.32. The van der Waals surface area contributed by atoms with E-state index in [1.807, 2.05) is 0 Å². The Kier molecular flexibility index (Phi) is 3.26. The van der Waals surface area contributed by atoms with Gasteiger partial charge in [0.25, 0.3) is 0 Å². The SMILES string of the molecule is COC1CNC(C(=O)NC2CC3CC2C2CCCC32)C1. The molecule has 7 atom stereocenters. The second-order valence-electron chi connectivity index (χ2n) is 7.32. The van der Waals surface area contributed by atoms with Crippen LogP contribution in [0.1, 0.15) is 38.5 Å². The molecule has 3 saturated carbocycles. The number of methoxy groups -OCH3 is 1. The Morgan fingerprint density at radius 2 is 2.00 bits per heavy atom. The lowest BCUT2D eigenvalue weighted by atomic mass is 9.79. The predicted molar refractivity (Wildman–Crippen MR) is 76.2 cm³/mol. The Bertz CT molecular complexity index is 400. The van der Waals surface area contributed by atoms with E-state index in [0.717, 1.165) is 36.6 Å². The average molecular weight is 278 g/mol. The lowest BCUT2D eigenvalue weighted by molar-refractivity contribution is -0.124. The number of amides is 1. The normalized spacial score (nSPS) is 49.5. The van der Waals surface area contributed by atoms with Crippen molar-refractivity contribution in [3.05, 3.63) is 0 Å². The molecule has 1 amide bonds. The van der Waals surface area contributed by atoms with Gasteiger partial charge in [-0.2, -0.15) is 0 Å². The molecular weight excluding hydrogens is 252 g/mol. The highest BCUT2D eigenvalue weighted by Crippen LogP contribution is 2.58. The molecule has 2 N–H and O–H groups in total. The summed E-state index contributed by atoms with van der Waals surface area (Å²) in [6.07, 6.45) is 7.90. The summed E-state index contributed by atoms with van der Waals surface area (Å²) in [6, 6.07) is 0.411. The van der Waals surface area contributed by atoms with Crippen molar-refractivity contribution in [2.75, 3.05) is 13.7 Å². The van der Waals surface area contributed by atoms with E-state index in [9.17, 15) is 4.79 Å². The van der Waals surface area contributed by atoms with Gasteiger partial charge in [-0.1, -0.05) is 6.42 Å². The molecule has 2 bridgehead atoms. The van der Waals surface area contributed by atoms with Crippen LogP contribution in [0.3, 0.4) is 0 Å². The van der Waals surface area contributed by atoms with Crippen molar-refractivity contribution in [3.63, 3.8) is 0 Å². The molecule has 4 heteroatoms. The summed E-state index contributed by atoms with van der Waals surface area (Å²) < 4.78 is 5.33. The van der Waals surface area contributed by atoms with Crippen molar-refractivity contribution in [2.24, 2.45) is 23.7 Å². The highest BCUT2D eigenvalue weighted by Gasteiger charge is 2.54. The lowest BCUT2D eigenvalue weighted by Crippen LogP contribution is -2.48. The summed E-state index contributed by atoms with van der Waals surface area (Å²) >= 11 is 0. The second kappa shape index (κ2) is 4.99. The van der Waals surface area contributed by atoms with Crippen LogP contribution in [0.25, 0.3) is 0 Å². The molecule has 1 aliphatic heterocycles. The van der Waals surface area contributed by atoms with Crippen LogP contribution in [-0.4, -0.2) is 37.7 Å². The van der Waals surface area contributed by atoms with Gasteiger partial charge in [0.05, 0.1) is 12.1 Å².